The van der Waals surface area contributed by atoms with E-state index in [1.165, 1.54) is 0 Å². The lowest BCUT2D eigenvalue weighted by molar-refractivity contribution is 0.102. The molecule has 0 unspecified atom stereocenters. The van der Waals surface area contributed by atoms with Gasteiger partial charge in [0.25, 0.3) is 5.91 Å². The van der Waals surface area contributed by atoms with Gasteiger partial charge in [-0.15, -0.1) is 0 Å². The van der Waals surface area contributed by atoms with Crippen molar-refractivity contribution in [3.05, 3.63) is 56.6 Å². The molecule has 2 rings (SSSR count). The van der Waals surface area contributed by atoms with Crippen molar-refractivity contribution < 1.29 is 9.53 Å². The molecule has 0 aliphatic carbocycles. The number of halogens is 2. The van der Waals surface area contributed by atoms with Gasteiger partial charge in [0.1, 0.15) is 5.75 Å². The molecule has 1 amide bonds. The molecule has 0 aliphatic heterocycles. The van der Waals surface area contributed by atoms with Crippen molar-refractivity contribution in [2.45, 2.75) is 0 Å². The molecule has 0 fully saturated rings. The van der Waals surface area contributed by atoms with Crippen molar-refractivity contribution in [3.8, 4) is 5.75 Å². The van der Waals surface area contributed by atoms with Gasteiger partial charge in [-0.05, 0) is 59.0 Å². The average Bonchev–Trinajstić information content (AvgIpc) is 2.42. The number of ether oxygens (including phenoxy) is 1. The van der Waals surface area contributed by atoms with E-state index in [9.17, 15) is 4.79 Å². The Kier molecular flexibility index (Phi) is 4.66. The highest BCUT2D eigenvalue weighted by atomic mass is 127. The summed E-state index contributed by atoms with van der Waals surface area (Å²) in [4.78, 5) is 12.1. The van der Waals surface area contributed by atoms with Crippen LogP contribution in [0.5, 0.6) is 5.75 Å². The Morgan fingerprint density at radius 2 is 2.05 bits per heavy atom. The van der Waals surface area contributed by atoms with Crippen LogP contribution < -0.4 is 10.1 Å². The lowest BCUT2D eigenvalue weighted by Gasteiger charge is -2.08. The second-order valence-corrected chi connectivity index (χ2v) is 5.41. The van der Waals surface area contributed by atoms with Gasteiger partial charge in [0.2, 0.25) is 0 Å². The van der Waals surface area contributed by atoms with Crippen LogP contribution in [0.1, 0.15) is 10.4 Å². The number of anilines is 1. The monoisotopic (exact) mass is 387 g/mol. The third-order valence-electron chi connectivity index (χ3n) is 2.51. The van der Waals surface area contributed by atoms with Crippen LogP contribution in [-0.2, 0) is 0 Å². The van der Waals surface area contributed by atoms with E-state index in [1.54, 1.807) is 49.6 Å². The summed E-state index contributed by atoms with van der Waals surface area (Å²) >= 11 is 8.00. The van der Waals surface area contributed by atoms with Crippen molar-refractivity contribution in [2.75, 3.05) is 12.4 Å². The van der Waals surface area contributed by atoms with Crippen molar-refractivity contribution in [3.63, 3.8) is 0 Å². The van der Waals surface area contributed by atoms with E-state index >= 15 is 0 Å². The molecule has 0 aromatic heterocycles. The third kappa shape index (κ3) is 3.61. The Morgan fingerprint density at radius 1 is 1.26 bits per heavy atom. The molecule has 0 saturated carbocycles. The van der Waals surface area contributed by atoms with E-state index in [0.29, 0.717) is 16.3 Å². The van der Waals surface area contributed by atoms with Gasteiger partial charge in [-0.3, -0.25) is 4.79 Å². The molecule has 0 atom stereocenters. The van der Waals surface area contributed by atoms with Gasteiger partial charge in [0, 0.05) is 14.2 Å². The molecule has 98 valence electrons. The highest BCUT2D eigenvalue weighted by Gasteiger charge is 2.09. The van der Waals surface area contributed by atoms with Crippen LogP contribution in [0.15, 0.2) is 42.5 Å². The van der Waals surface area contributed by atoms with Crippen LogP contribution in [0.2, 0.25) is 5.02 Å². The number of amides is 1. The summed E-state index contributed by atoms with van der Waals surface area (Å²) in [6.45, 7) is 0. The maximum absolute atomic E-state index is 12.1. The topological polar surface area (TPSA) is 38.3 Å². The molecule has 19 heavy (non-hydrogen) atoms. The predicted molar refractivity (Wildman–Crippen MR) is 85.1 cm³/mol. The summed E-state index contributed by atoms with van der Waals surface area (Å²) in [7, 11) is 1.57. The Hall–Kier alpha value is -1.27. The SMILES string of the molecule is COc1cccc(C(=O)Nc2ccc(Cl)cc2I)c1. The minimum Gasteiger partial charge on any atom is -0.497 e. The lowest BCUT2D eigenvalue weighted by atomic mass is 10.2. The number of carbonyl (C=O) groups is 1. The first-order valence-corrected chi connectivity index (χ1v) is 6.96. The Bertz CT molecular complexity index is 616. The van der Waals surface area contributed by atoms with Crippen molar-refractivity contribution in [2.24, 2.45) is 0 Å². The number of nitrogens with one attached hydrogen (secondary N) is 1. The molecular weight excluding hydrogens is 377 g/mol. The fourth-order valence-corrected chi connectivity index (χ4v) is 2.56. The molecule has 1 N–H and O–H groups in total. The van der Waals surface area contributed by atoms with Gasteiger partial charge in [-0.1, -0.05) is 17.7 Å². The van der Waals surface area contributed by atoms with E-state index in [-0.39, 0.29) is 5.91 Å². The number of benzene rings is 2. The Labute approximate surface area is 130 Å². The first kappa shape index (κ1) is 14.1. The first-order chi connectivity index (χ1) is 9.10. The summed E-state index contributed by atoms with van der Waals surface area (Å²) in [6.07, 6.45) is 0. The molecule has 2 aromatic carbocycles. The van der Waals surface area contributed by atoms with Crippen LogP contribution in [0, 0.1) is 3.57 Å². The van der Waals surface area contributed by atoms with Crippen LogP contribution in [0.4, 0.5) is 5.69 Å². The molecule has 3 nitrogen and oxygen atoms in total. The van der Waals surface area contributed by atoms with E-state index < -0.39 is 0 Å². The molecule has 5 heteroatoms. The molecule has 0 saturated heterocycles. The van der Waals surface area contributed by atoms with Crippen LogP contribution in [-0.4, -0.2) is 13.0 Å². The highest BCUT2D eigenvalue weighted by molar-refractivity contribution is 14.1. The van der Waals surface area contributed by atoms with Crippen molar-refractivity contribution in [1.82, 2.24) is 0 Å². The molecule has 0 aliphatic rings. The van der Waals surface area contributed by atoms with Gasteiger partial charge in [0.15, 0.2) is 0 Å². The minimum atomic E-state index is -0.181. The smallest absolute Gasteiger partial charge is 0.255 e. The second-order valence-electron chi connectivity index (χ2n) is 3.81. The Morgan fingerprint density at radius 3 is 2.74 bits per heavy atom. The van der Waals surface area contributed by atoms with Crippen molar-refractivity contribution in [1.29, 1.82) is 0 Å². The summed E-state index contributed by atoms with van der Waals surface area (Å²) in [5, 5.41) is 3.49. The average molecular weight is 388 g/mol. The van der Waals surface area contributed by atoms with Gasteiger partial charge in [-0.25, -0.2) is 0 Å². The van der Waals surface area contributed by atoms with Gasteiger partial charge < -0.3 is 10.1 Å². The number of hydrogen-bond donors (Lipinski definition) is 1. The number of hydrogen-bond acceptors (Lipinski definition) is 2. The quantitative estimate of drug-likeness (QED) is 0.802. The molecule has 0 bridgehead atoms. The van der Waals surface area contributed by atoms with Gasteiger partial charge in [-0.2, -0.15) is 0 Å². The fourth-order valence-electron chi connectivity index (χ4n) is 1.55. The predicted octanol–water partition coefficient (Wildman–Crippen LogP) is 4.21. The van der Waals surface area contributed by atoms with Crippen LogP contribution in [0.3, 0.4) is 0 Å². The summed E-state index contributed by atoms with van der Waals surface area (Å²) in [5.41, 5.74) is 1.28. The number of carbonyl (C=O) groups excluding carboxylic acids is 1. The van der Waals surface area contributed by atoms with Gasteiger partial charge >= 0.3 is 0 Å². The maximum Gasteiger partial charge on any atom is 0.255 e. The zero-order chi connectivity index (χ0) is 13.8. The zero-order valence-electron chi connectivity index (χ0n) is 10.1. The van der Waals surface area contributed by atoms with Crippen LogP contribution >= 0.6 is 34.2 Å². The normalized spacial score (nSPS) is 10.1. The third-order valence-corrected chi connectivity index (χ3v) is 3.64. The maximum atomic E-state index is 12.1. The molecular formula is C14H11ClINO2. The van der Waals surface area contributed by atoms with E-state index in [2.05, 4.69) is 27.9 Å². The standard InChI is InChI=1S/C14H11ClINO2/c1-19-11-4-2-3-9(7-11)14(18)17-13-6-5-10(15)8-12(13)16/h2-8H,1H3,(H,17,18). The summed E-state index contributed by atoms with van der Waals surface area (Å²) < 4.78 is 5.99. The summed E-state index contributed by atoms with van der Waals surface area (Å²) in [5.74, 6) is 0.470. The number of methoxy groups -OCH3 is 1. The van der Waals surface area contributed by atoms with Gasteiger partial charge in [0.05, 0.1) is 12.8 Å². The number of rotatable bonds is 3. The second kappa shape index (κ2) is 6.25. The van der Waals surface area contributed by atoms with Crippen LogP contribution in [0.25, 0.3) is 0 Å². The lowest BCUT2D eigenvalue weighted by Crippen LogP contribution is -2.12. The first-order valence-electron chi connectivity index (χ1n) is 5.50. The van der Waals surface area contributed by atoms with Crippen molar-refractivity contribution >= 4 is 45.8 Å². The zero-order valence-corrected chi connectivity index (χ0v) is 13.0. The molecule has 2 aromatic rings. The largest absolute Gasteiger partial charge is 0.497 e. The van der Waals surface area contributed by atoms with E-state index in [0.717, 1.165) is 9.26 Å². The molecule has 0 spiro atoms. The summed E-state index contributed by atoms with van der Waals surface area (Å²) in [6, 6.07) is 12.3. The highest BCUT2D eigenvalue weighted by Crippen LogP contribution is 2.23. The van der Waals surface area contributed by atoms with E-state index in [1.807, 2.05) is 0 Å². The van der Waals surface area contributed by atoms with E-state index in [4.69, 9.17) is 16.3 Å². The minimum absolute atomic E-state index is 0.181. The molecule has 0 heterocycles. The fraction of sp³-hybridized carbons (Fsp3) is 0.0714. The Balaban J connectivity index is 2.20. The molecule has 0 radical (unpaired) electrons.